The first-order valence-electron chi connectivity index (χ1n) is 8.24. The van der Waals surface area contributed by atoms with E-state index in [0.717, 1.165) is 12.8 Å². The smallest absolute Gasteiger partial charge is 0.253 e. The number of amides is 2. The molecule has 0 aromatic heterocycles. The molecule has 2 aromatic rings. The summed E-state index contributed by atoms with van der Waals surface area (Å²) in [5.41, 5.74) is 2.23. The van der Waals surface area contributed by atoms with Gasteiger partial charge in [0.15, 0.2) is 0 Å². The molecule has 0 aliphatic rings. The van der Waals surface area contributed by atoms with Crippen molar-refractivity contribution in [3.05, 3.63) is 59.7 Å². The molecular formula is C20H24N2O3. The van der Waals surface area contributed by atoms with E-state index in [0.29, 0.717) is 23.4 Å². The Labute approximate surface area is 148 Å². The van der Waals surface area contributed by atoms with Gasteiger partial charge in [-0.25, -0.2) is 0 Å². The number of rotatable bonds is 7. The Morgan fingerprint density at radius 1 is 1.08 bits per heavy atom. The Kier molecular flexibility index (Phi) is 6.57. The van der Waals surface area contributed by atoms with Crippen molar-refractivity contribution in [3.8, 4) is 5.75 Å². The normalized spacial score (nSPS) is 10.2. The number of carbonyl (C=O) groups is 2. The fourth-order valence-corrected chi connectivity index (χ4v) is 2.51. The monoisotopic (exact) mass is 340 g/mol. The molecule has 0 heterocycles. The lowest BCUT2D eigenvalue weighted by Crippen LogP contribution is -2.22. The summed E-state index contributed by atoms with van der Waals surface area (Å²) in [4.78, 5) is 25.8. The number of ether oxygens (including phenoxy) is 1. The second-order valence-electron chi connectivity index (χ2n) is 6.00. The third-order valence-corrected chi connectivity index (χ3v) is 3.84. The summed E-state index contributed by atoms with van der Waals surface area (Å²) < 4.78 is 5.28. The van der Waals surface area contributed by atoms with Gasteiger partial charge in [-0.3, -0.25) is 9.59 Å². The van der Waals surface area contributed by atoms with Gasteiger partial charge in [-0.2, -0.15) is 0 Å². The van der Waals surface area contributed by atoms with Crippen LogP contribution in [0.15, 0.2) is 48.5 Å². The quantitative estimate of drug-likeness (QED) is 0.841. The summed E-state index contributed by atoms with van der Waals surface area (Å²) >= 11 is 0. The molecule has 132 valence electrons. The van der Waals surface area contributed by atoms with Gasteiger partial charge < -0.3 is 15.0 Å². The van der Waals surface area contributed by atoms with Crippen LogP contribution >= 0.6 is 0 Å². The van der Waals surface area contributed by atoms with Crippen LogP contribution in [-0.2, 0) is 11.2 Å². The van der Waals surface area contributed by atoms with Crippen molar-refractivity contribution < 1.29 is 14.3 Å². The number of hydrogen-bond donors (Lipinski definition) is 1. The van der Waals surface area contributed by atoms with Gasteiger partial charge in [0, 0.05) is 26.1 Å². The van der Waals surface area contributed by atoms with Crippen molar-refractivity contribution >= 4 is 17.5 Å². The first-order valence-corrected chi connectivity index (χ1v) is 8.24. The van der Waals surface area contributed by atoms with E-state index in [1.165, 1.54) is 17.6 Å². The lowest BCUT2D eigenvalue weighted by atomic mass is 10.1. The van der Waals surface area contributed by atoms with Crippen molar-refractivity contribution in [2.75, 3.05) is 26.5 Å². The van der Waals surface area contributed by atoms with E-state index in [9.17, 15) is 9.59 Å². The molecule has 2 amide bonds. The lowest BCUT2D eigenvalue weighted by molar-refractivity contribution is -0.116. The van der Waals surface area contributed by atoms with Gasteiger partial charge in [0.05, 0.1) is 12.8 Å². The maximum Gasteiger partial charge on any atom is 0.253 e. The van der Waals surface area contributed by atoms with Crippen LogP contribution in [0.4, 0.5) is 5.69 Å². The first-order chi connectivity index (χ1) is 12.0. The number of methoxy groups -OCH3 is 1. The van der Waals surface area contributed by atoms with Crippen LogP contribution in [0.1, 0.15) is 28.8 Å². The maximum absolute atomic E-state index is 12.2. The molecule has 0 aliphatic carbocycles. The third kappa shape index (κ3) is 5.35. The van der Waals surface area contributed by atoms with E-state index in [2.05, 4.69) is 17.4 Å². The number of carbonyl (C=O) groups excluding carboxylic acids is 2. The molecule has 5 heteroatoms. The maximum atomic E-state index is 12.2. The first kappa shape index (κ1) is 18.5. The number of anilines is 1. The highest BCUT2D eigenvalue weighted by Crippen LogP contribution is 2.26. The zero-order chi connectivity index (χ0) is 18.2. The molecule has 0 bridgehead atoms. The summed E-state index contributed by atoms with van der Waals surface area (Å²) in [5, 5.41) is 2.85. The van der Waals surface area contributed by atoms with Crippen molar-refractivity contribution in [1.82, 2.24) is 4.90 Å². The molecule has 2 aromatic carbocycles. The predicted octanol–water partition coefficient (Wildman–Crippen LogP) is 3.36. The minimum absolute atomic E-state index is 0.0938. The Hall–Kier alpha value is -2.82. The Morgan fingerprint density at radius 3 is 2.44 bits per heavy atom. The minimum Gasteiger partial charge on any atom is -0.495 e. The number of nitrogens with one attached hydrogen (secondary N) is 1. The summed E-state index contributed by atoms with van der Waals surface area (Å²) in [6, 6.07) is 15.1. The molecule has 0 aliphatic heterocycles. The largest absolute Gasteiger partial charge is 0.495 e. The Balaban J connectivity index is 1.98. The van der Waals surface area contributed by atoms with Crippen molar-refractivity contribution in [1.29, 1.82) is 0 Å². The molecule has 0 fully saturated rings. The summed E-state index contributed by atoms with van der Waals surface area (Å²) in [5.74, 6) is 0.317. The Bertz CT molecular complexity index is 727. The van der Waals surface area contributed by atoms with Crippen LogP contribution in [0.25, 0.3) is 0 Å². The zero-order valence-corrected chi connectivity index (χ0v) is 14.9. The molecule has 5 nitrogen and oxygen atoms in total. The van der Waals surface area contributed by atoms with Crippen LogP contribution in [-0.4, -0.2) is 37.9 Å². The van der Waals surface area contributed by atoms with Gasteiger partial charge in [0.1, 0.15) is 5.75 Å². The van der Waals surface area contributed by atoms with Crippen molar-refractivity contribution in [2.24, 2.45) is 0 Å². The van der Waals surface area contributed by atoms with Gasteiger partial charge in [0.2, 0.25) is 5.91 Å². The molecular weight excluding hydrogens is 316 g/mol. The van der Waals surface area contributed by atoms with E-state index >= 15 is 0 Å². The SMILES string of the molecule is COc1ccc(C(=O)N(C)C)cc1NC(=O)CCCc1ccccc1. The average Bonchev–Trinajstić information content (AvgIpc) is 2.61. The molecule has 0 saturated carbocycles. The van der Waals surface area contributed by atoms with Crippen molar-refractivity contribution in [2.45, 2.75) is 19.3 Å². The highest BCUT2D eigenvalue weighted by Gasteiger charge is 2.13. The molecule has 25 heavy (non-hydrogen) atoms. The molecule has 0 saturated heterocycles. The standard InChI is InChI=1S/C20H24N2O3/c1-22(2)20(24)16-12-13-18(25-3)17(14-16)21-19(23)11-7-10-15-8-5-4-6-9-15/h4-6,8-9,12-14H,7,10-11H2,1-3H3,(H,21,23). The fraction of sp³-hybridized carbons (Fsp3) is 0.300. The lowest BCUT2D eigenvalue weighted by Gasteiger charge is -2.14. The number of hydrogen-bond acceptors (Lipinski definition) is 3. The zero-order valence-electron chi connectivity index (χ0n) is 14.9. The summed E-state index contributed by atoms with van der Waals surface area (Å²) in [6.07, 6.45) is 2.02. The van der Waals surface area contributed by atoms with Crippen LogP contribution in [0.2, 0.25) is 0 Å². The predicted molar refractivity (Wildman–Crippen MR) is 99.0 cm³/mol. The van der Waals surface area contributed by atoms with Gasteiger partial charge in [0.25, 0.3) is 5.91 Å². The van der Waals surface area contributed by atoms with Gasteiger partial charge in [-0.05, 0) is 36.6 Å². The van der Waals surface area contributed by atoms with Gasteiger partial charge in [-0.15, -0.1) is 0 Å². The van der Waals surface area contributed by atoms with Crippen LogP contribution in [0.5, 0.6) is 5.75 Å². The van der Waals surface area contributed by atoms with E-state index in [1.54, 1.807) is 32.3 Å². The van der Waals surface area contributed by atoms with Crippen LogP contribution in [0.3, 0.4) is 0 Å². The molecule has 1 N–H and O–H groups in total. The number of nitrogens with zero attached hydrogens (tertiary/aromatic N) is 1. The van der Waals surface area contributed by atoms with E-state index in [4.69, 9.17) is 4.74 Å². The topological polar surface area (TPSA) is 58.6 Å². The average molecular weight is 340 g/mol. The number of benzene rings is 2. The van der Waals surface area contributed by atoms with Crippen LogP contribution in [0, 0.1) is 0 Å². The highest BCUT2D eigenvalue weighted by molar-refractivity contribution is 5.98. The molecule has 0 spiro atoms. The van der Waals surface area contributed by atoms with E-state index < -0.39 is 0 Å². The van der Waals surface area contributed by atoms with E-state index in [-0.39, 0.29) is 11.8 Å². The van der Waals surface area contributed by atoms with Gasteiger partial charge >= 0.3 is 0 Å². The second-order valence-corrected chi connectivity index (χ2v) is 6.00. The van der Waals surface area contributed by atoms with Crippen molar-refractivity contribution in [3.63, 3.8) is 0 Å². The fourth-order valence-electron chi connectivity index (χ4n) is 2.51. The molecule has 0 unspecified atom stereocenters. The number of aryl methyl sites for hydroxylation is 1. The van der Waals surface area contributed by atoms with Crippen LogP contribution < -0.4 is 10.1 Å². The van der Waals surface area contributed by atoms with E-state index in [1.807, 2.05) is 18.2 Å². The summed E-state index contributed by atoms with van der Waals surface area (Å²) in [6.45, 7) is 0. The Morgan fingerprint density at radius 2 is 1.80 bits per heavy atom. The molecule has 0 radical (unpaired) electrons. The van der Waals surface area contributed by atoms with Gasteiger partial charge in [-0.1, -0.05) is 30.3 Å². The third-order valence-electron chi connectivity index (χ3n) is 3.84. The molecule has 0 atom stereocenters. The minimum atomic E-state index is -0.123. The summed E-state index contributed by atoms with van der Waals surface area (Å²) in [7, 11) is 4.91. The second kappa shape index (κ2) is 8.87. The molecule has 2 rings (SSSR count). The highest BCUT2D eigenvalue weighted by atomic mass is 16.5.